The Balaban J connectivity index is 1.61. The van der Waals surface area contributed by atoms with Crippen LogP contribution in [0.3, 0.4) is 0 Å². The van der Waals surface area contributed by atoms with E-state index in [0.29, 0.717) is 36.9 Å². The number of carbonyl (C=O) groups excluding carboxylic acids is 2. The molecular formula is C22H30ClF3N4O2. The highest BCUT2D eigenvalue weighted by molar-refractivity contribution is 6.31. The highest BCUT2D eigenvalue weighted by Crippen LogP contribution is 2.28. The third kappa shape index (κ3) is 6.51. The molecule has 1 unspecified atom stereocenters. The zero-order valence-electron chi connectivity index (χ0n) is 18.5. The molecule has 0 spiro atoms. The molecule has 2 saturated heterocycles. The lowest BCUT2D eigenvalue weighted by Crippen LogP contribution is -2.56. The fourth-order valence-electron chi connectivity index (χ4n) is 4.29. The van der Waals surface area contributed by atoms with E-state index in [1.54, 1.807) is 6.07 Å². The number of piperazine rings is 1. The lowest BCUT2D eigenvalue weighted by Gasteiger charge is -2.41. The first-order valence-electron chi connectivity index (χ1n) is 11.0. The van der Waals surface area contributed by atoms with Crippen LogP contribution in [0.25, 0.3) is 0 Å². The average Bonchev–Trinajstić information content (AvgIpc) is 3.24. The van der Waals surface area contributed by atoms with Crippen LogP contribution >= 0.6 is 11.6 Å². The Labute approximate surface area is 191 Å². The Hall–Kier alpha value is -2.00. The fourth-order valence-corrected chi connectivity index (χ4v) is 4.53. The van der Waals surface area contributed by atoms with E-state index in [9.17, 15) is 22.8 Å². The minimum Gasteiger partial charge on any atom is -0.326 e. The number of hydrogen-bond acceptors (Lipinski definition) is 3. The van der Waals surface area contributed by atoms with Crippen molar-refractivity contribution in [3.05, 3.63) is 28.3 Å². The molecule has 1 aromatic carbocycles. The van der Waals surface area contributed by atoms with Crippen LogP contribution in [-0.4, -0.2) is 71.6 Å². The van der Waals surface area contributed by atoms with Gasteiger partial charge in [0.15, 0.2) is 0 Å². The summed E-state index contributed by atoms with van der Waals surface area (Å²) in [6.45, 7) is 8.14. The molecule has 32 heavy (non-hydrogen) atoms. The van der Waals surface area contributed by atoms with Crippen molar-refractivity contribution in [2.45, 2.75) is 58.3 Å². The van der Waals surface area contributed by atoms with Crippen molar-refractivity contribution in [3.63, 3.8) is 0 Å². The fraction of sp³-hybridized carbons (Fsp3) is 0.636. The standard InChI is InChI=1S/C22H30ClF3N4O2/c1-15-13-28(9-10-30(15)21(32)29-7-3-4-8-29)14-17-11-18(23)12-19(16(17)2)27-20(31)5-6-22(24,25)26/h11-12,15H,3-10,13-14H2,1-2H3,(H,27,31). The maximum atomic E-state index is 12.7. The van der Waals surface area contributed by atoms with Gasteiger partial charge in [0.1, 0.15) is 0 Å². The zero-order valence-corrected chi connectivity index (χ0v) is 19.2. The molecule has 3 amide bonds. The third-order valence-corrected chi connectivity index (χ3v) is 6.34. The van der Waals surface area contributed by atoms with E-state index in [1.165, 1.54) is 0 Å². The molecule has 0 aliphatic carbocycles. The van der Waals surface area contributed by atoms with Crippen molar-refractivity contribution >= 4 is 29.2 Å². The summed E-state index contributed by atoms with van der Waals surface area (Å²) in [4.78, 5) is 30.8. The zero-order chi connectivity index (χ0) is 23.5. The number of benzene rings is 1. The van der Waals surface area contributed by atoms with Crippen LogP contribution in [0.1, 0.15) is 43.7 Å². The number of anilines is 1. The molecule has 1 aromatic rings. The van der Waals surface area contributed by atoms with Crippen LogP contribution in [0.5, 0.6) is 0 Å². The van der Waals surface area contributed by atoms with E-state index in [-0.39, 0.29) is 12.1 Å². The van der Waals surface area contributed by atoms with Crippen molar-refractivity contribution in [2.24, 2.45) is 0 Å². The first kappa shape index (κ1) is 24.6. The molecule has 3 rings (SSSR count). The van der Waals surface area contributed by atoms with Gasteiger partial charge < -0.3 is 15.1 Å². The molecule has 1 atom stereocenters. The maximum Gasteiger partial charge on any atom is 0.389 e. The number of carbonyl (C=O) groups is 2. The number of urea groups is 1. The van der Waals surface area contributed by atoms with Crippen molar-refractivity contribution in [3.8, 4) is 0 Å². The summed E-state index contributed by atoms with van der Waals surface area (Å²) < 4.78 is 37.2. The molecule has 2 fully saturated rings. The van der Waals surface area contributed by atoms with Gasteiger partial charge in [-0.3, -0.25) is 9.69 Å². The van der Waals surface area contributed by atoms with Gasteiger partial charge in [-0.15, -0.1) is 0 Å². The van der Waals surface area contributed by atoms with Gasteiger partial charge in [-0.1, -0.05) is 11.6 Å². The molecule has 1 N–H and O–H groups in total. The molecule has 2 aliphatic rings. The predicted octanol–water partition coefficient (Wildman–Crippen LogP) is 4.65. The van der Waals surface area contributed by atoms with Crippen molar-refractivity contribution in [2.75, 3.05) is 38.0 Å². The lowest BCUT2D eigenvalue weighted by molar-refractivity contribution is -0.142. The molecular weight excluding hydrogens is 445 g/mol. The highest BCUT2D eigenvalue weighted by atomic mass is 35.5. The van der Waals surface area contributed by atoms with E-state index in [2.05, 4.69) is 10.2 Å². The molecule has 2 heterocycles. The van der Waals surface area contributed by atoms with Gasteiger partial charge in [-0.2, -0.15) is 13.2 Å². The summed E-state index contributed by atoms with van der Waals surface area (Å²) in [5.41, 5.74) is 2.10. The van der Waals surface area contributed by atoms with Crippen LogP contribution in [-0.2, 0) is 11.3 Å². The molecule has 10 heteroatoms. The van der Waals surface area contributed by atoms with Crippen LogP contribution in [0.4, 0.5) is 23.7 Å². The van der Waals surface area contributed by atoms with E-state index >= 15 is 0 Å². The van der Waals surface area contributed by atoms with Crippen molar-refractivity contribution in [1.82, 2.24) is 14.7 Å². The van der Waals surface area contributed by atoms with E-state index < -0.39 is 24.9 Å². The van der Waals surface area contributed by atoms with Crippen LogP contribution in [0.15, 0.2) is 12.1 Å². The van der Waals surface area contributed by atoms with Gasteiger partial charge in [0, 0.05) is 62.4 Å². The SMILES string of the molecule is Cc1c(CN2CCN(C(=O)N3CCCC3)C(C)C2)cc(Cl)cc1NC(=O)CCC(F)(F)F. The molecule has 0 aromatic heterocycles. The Morgan fingerprint density at radius 2 is 1.84 bits per heavy atom. The number of alkyl halides is 3. The molecule has 0 radical (unpaired) electrons. The van der Waals surface area contributed by atoms with Gasteiger partial charge in [-0.25, -0.2) is 4.79 Å². The Morgan fingerprint density at radius 3 is 2.47 bits per heavy atom. The van der Waals surface area contributed by atoms with Gasteiger partial charge in [0.2, 0.25) is 5.91 Å². The monoisotopic (exact) mass is 474 g/mol. The van der Waals surface area contributed by atoms with Gasteiger partial charge in [0.05, 0.1) is 6.42 Å². The first-order chi connectivity index (χ1) is 15.0. The summed E-state index contributed by atoms with van der Waals surface area (Å²) in [7, 11) is 0. The molecule has 6 nitrogen and oxygen atoms in total. The van der Waals surface area contributed by atoms with Crippen LogP contribution < -0.4 is 5.32 Å². The topological polar surface area (TPSA) is 55.9 Å². The number of likely N-dealkylation sites (tertiary alicyclic amines) is 1. The summed E-state index contributed by atoms with van der Waals surface area (Å²) in [5.74, 6) is -0.693. The largest absolute Gasteiger partial charge is 0.389 e. The lowest BCUT2D eigenvalue weighted by atomic mass is 10.0. The number of amides is 3. The Morgan fingerprint density at radius 1 is 1.16 bits per heavy atom. The minimum absolute atomic E-state index is 0.0675. The van der Waals surface area contributed by atoms with E-state index in [1.807, 2.05) is 29.7 Å². The third-order valence-electron chi connectivity index (χ3n) is 6.12. The Bertz CT molecular complexity index is 843. The predicted molar refractivity (Wildman–Crippen MR) is 118 cm³/mol. The van der Waals surface area contributed by atoms with Gasteiger partial charge in [-0.05, 0) is 49.9 Å². The van der Waals surface area contributed by atoms with Gasteiger partial charge >= 0.3 is 12.2 Å². The van der Waals surface area contributed by atoms with E-state index in [0.717, 1.165) is 37.1 Å². The van der Waals surface area contributed by atoms with Crippen molar-refractivity contribution < 1.29 is 22.8 Å². The molecule has 0 bridgehead atoms. The number of nitrogens with zero attached hydrogens (tertiary/aromatic N) is 3. The number of halogens is 4. The Kier molecular flexibility index (Phi) is 7.92. The summed E-state index contributed by atoms with van der Waals surface area (Å²) in [6, 6.07) is 3.55. The van der Waals surface area contributed by atoms with Crippen LogP contribution in [0, 0.1) is 6.92 Å². The van der Waals surface area contributed by atoms with Gasteiger partial charge in [0.25, 0.3) is 0 Å². The summed E-state index contributed by atoms with van der Waals surface area (Å²) in [5, 5.41) is 2.97. The minimum atomic E-state index is -4.37. The highest BCUT2D eigenvalue weighted by Gasteiger charge is 2.32. The van der Waals surface area contributed by atoms with Crippen molar-refractivity contribution in [1.29, 1.82) is 0 Å². The summed E-state index contributed by atoms with van der Waals surface area (Å²) in [6.07, 6.45) is -4.05. The molecule has 178 valence electrons. The second kappa shape index (κ2) is 10.3. The van der Waals surface area contributed by atoms with E-state index in [4.69, 9.17) is 11.6 Å². The number of nitrogens with one attached hydrogen (secondary N) is 1. The second-order valence-corrected chi connectivity index (χ2v) is 9.09. The normalized spacial score (nSPS) is 20.0. The average molecular weight is 475 g/mol. The quantitative estimate of drug-likeness (QED) is 0.675. The smallest absolute Gasteiger partial charge is 0.326 e. The van der Waals surface area contributed by atoms with Crippen LogP contribution in [0.2, 0.25) is 5.02 Å². The second-order valence-electron chi connectivity index (χ2n) is 8.66. The first-order valence-corrected chi connectivity index (χ1v) is 11.3. The molecule has 0 saturated carbocycles. The molecule has 2 aliphatic heterocycles. The maximum absolute atomic E-state index is 12.7. The summed E-state index contributed by atoms with van der Waals surface area (Å²) >= 11 is 6.23. The number of hydrogen-bond donors (Lipinski definition) is 1. The number of rotatable bonds is 5.